The number of nitrogens with one attached hydrogen (secondary N) is 2. The van der Waals surface area contributed by atoms with Crippen molar-refractivity contribution >= 4 is 17.2 Å². The largest absolute Gasteiger partial charge is 0.391 e. The first-order valence-corrected chi connectivity index (χ1v) is 12.2. The van der Waals surface area contributed by atoms with Crippen molar-refractivity contribution in [3.8, 4) is 10.4 Å². The summed E-state index contributed by atoms with van der Waals surface area (Å²) in [5, 5.41) is 17.0. The number of β-amino-alcohol motifs (C(OH)–C–C–N with tert-alkyl or cyclic N) is 1. The molecule has 1 aliphatic rings. The third-order valence-electron chi connectivity index (χ3n) is 5.76. The van der Waals surface area contributed by atoms with Crippen molar-refractivity contribution in [2.75, 3.05) is 6.54 Å². The average Bonchev–Trinajstić information content (AvgIpc) is 3.35. The molecule has 3 rings (SSSR count). The maximum Gasteiger partial charge on any atom is 0.240 e. The number of aryl methyl sites for hydroxylation is 1. The van der Waals surface area contributed by atoms with Gasteiger partial charge in [0.05, 0.1) is 40.8 Å². The molecule has 1 aliphatic heterocycles. The molecule has 180 valence electrons. The minimum absolute atomic E-state index is 0.0127. The van der Waals surface area contributed by atoms with Crippen LogP contribution in [-0.4, -0.2) is 61.6 Å². The summed E-state index contributed by atoms with van der Waals surface area (Å²) in [4.78, 5) is 29.5. The standard InChI is InChI=1S/C24H36N6O2S/c1-14(2)29-22(24(5,6)7)23(32)30-12-18(31)8-19(30)15(3)25-11-20-26-9-17(10-27-20)21-16(4)28-13-33-21/h9-10,13-14,18-19,22,25,29,31H,3,8,11-12H2,1-2,4-7H3/t18-,19+,22-/m1/s1. The first-order chi connectivity index (χ1) is 15.5. The number of aliphatic hydroxyl groups excluding tert-OH is 1. The molecule has 3 N–H and O–H groups in total. The third-order valence-corrected chi connectivity index (χ3v) is 6.74. The van der Waals surface area contributed by atoms with Crippen molar-refractivity contribution in [2.45, 2.75) is 78.7 Å². The molecule has 2 aromatic rings. The van der Waals surface area contributed by atoms with Crippen molar-refractivity contribution in [2.24, 2.45) is 5.41 Å². The summed E-state index contributed by atoms with van der Waals surface area (Å²) in [6.45, 7) is 17.0. The van der Waals surface area contributed by atoms with Gasteiger partial charge in [-0.25, -0.2) is 15.0 Å². The van der Waals surface area contributed by atoms with Gasteiger partial charge in [-0.15, -0.1) is 11.3 Å². The van der Waals surface area contributed by atoms with Crippen LogP contribution in [-0.2, 0) is 11.3 Å². The second-order valence-electron chi connectivity index (χ2n) is 10.0. The Kier molecular flexibility index (Phi) is 7.87. The van der Waals surface area contributed by atoms with E-state index in [1.54, 1.807) is 28.6 Å². The zero-order valence-electron chi connectivity index (χ0n) is 20.4. The summed E-state index contributed by atoms with van der Waals surface area (Å²) in [6.07, 6.45) is 3.48. The number of carbonyl (C=O) groups is 1. The normalized spacial score (nSPS) is 19.7. The molecule has 0 aliphatic carbocycles. The van der Waals surface area contributed by atoms with Crippen molar-refractivity contribution in [1.82, 2.24) is 30.5 Å². The van der Waals surface area contributed by atoms with Crippen LogP contribution in [0, 0.1) is 12.3 Å². The Morgan fingerprint density at radius 1 is 1.30 bits per heavy atom. The highest BCUT2D eigenvalue weighted by atomic mass is 32.1. The summed E-state index contributed by atoms with van der Waals surface area (Å²) in [6, 6.07) is -0.478. The van der Waals surface area contributed by atoms with Gasteiger partial charge in [0, 0.05) is 42.7 Å². The van der Waals surface area contributed by atoms with Gasteiger partial charge >= 0.3 is 0 Å². The molecule has 0 saturated carbocycles. The Bertz CT molecular complexity index is 966. The SMILES string of the molecule is C=C(NCc1ncc(-c2scnc2C)cn1)[C@@H]1C[C@@H](O)CN1C(=O)[C@@H](NC(C)C)C(C)(C)C. The molecular weight excluding hydrogens is 436 g/mol. The molecule has 1 fully saturated rings. The quantitative estimate of drug-likeness (QED) is 0.543. The Morgan fingerprint density at radius 2 is 1.97 bits per heavy atom. The molecule has 0 unspecified atom stereocenters. The maximum atomic E-state index is 13.5. The van der Waals surface area contributed by atoms with E-state index in [0.717, 1.165) is 16.1 Å². The van der Waals surface area contributed by atoms with Crippen molar-refractivity contribution in [1.29, 1.82) is 0 Å². The highest BCUT2D eigenvalue weighted by Gasteiger charge is 2.42. The minimum Gasteiger partial charge on any atom is -0.391 e. The average molecular weight is 473 g/mol. The predicted octanol–water partition coefficient (Wildman–Crippen LogP) is 2.89. The van der Waals surface area contributed by atoms with Crippen molar-refractivity contribution in [3.63, 3.8) is 0 Å². The molecule has 3 heterocycles. The molecule has 0 bridgehead atoms. The van der Waals surface area contributed by atoms with E-state index < -0.39 is 6.10 Å². The Morgan fingerprint density at radius 3 is 2.52 bits per heavy atom. The van der Waals surface area contributed by atoms with Gasteiger partial charge in [0.25, 0.3) is 0 Å². The number of hydrogen-bond donors (Lipinski definition) is 3. The number of thiazole rings is 1. The number of amides is 1. The van der Waals surface area contributed by atoms with Crippen LogP contribution in [0.25, 0.3) is 10.4 Å². The van der Waals surface area contributed by atoms with Gasteiger partial charge in [0.15, 0.2) is 0 Å². The summed E-state index contributed by atoms with van der Waals surface area (Å²) < 4.78 is 0. The fourth-order valence-corrected chi connectivity index (χ4v) is 4.81. The lowest BCUT2D eigenvalue weighted by Crippen LogP contribution is -2.56. The van der Waals surface area contributed by atoms with Crippen LogP contribution in [0.2, 0.25) is 0 Å². The van der Waals surface area contributed by atoms with Gasteiger partial charge in [-0.1, -0.05) is 41.2 Å². The van der Waals surface area contributed by atoms with Crippen LogP contribution in [0.4, 0.5) is 0 Å². The smallest absolute Gasteiger partial charge is 0.240 e. The molecule has 9 heteroatoms. The monoisotopic (exact) mass is 472 g/mol. The summed E-state index contributed by atoms with van der Waals surface area (Å²) in [5.41, 5.74) is 4.14. The lowest BCUT2D eigenvalue weighted by atomic mass is 9.85. The number of nitrogens with zero attached hydrogens (tertiary/aromatic N) is 4. The molecule has 1 amide bonds. The van der Waals surface area contributed by atoms with Crippen molar-refractivity contribution < 1.29 is 9.90 Å². The van der Waals surface area contributed by atoms with Gasteiger partial charge in [0.2, 0.25) is 5.91 Å². The molecule has 0 aromatic carbocycles. The highest BCUT2D eigenvalue weighted by Crippen LogP contribution is 2.29. The van der Waals surface area contributed by atoms with Crippen LogP contribution in [0.15, 0.2) is 30.2 Å². The molecule has 1 saturated heterocycles. The topological polar surface area (TPSA) is 103 Å². The number of rotatable bonds is 8. The second-order valence-corrected chi connectivity index (χ2v) is 10.9. The van der Waals surface area contributed by atoms with Crippen LogP contribution < -0.4 is 10.6 Å². The van der Waals surface area contributed by atoms with Crippen LogP contribution in [0.1, 0.15) is 52.6 Å². The molecular formula is C24H36N6O2S. The summed E-state index contributed by atoms with van der Waals surface area (Å²) >= 11 is 1.57. The number of hydrogen-bond acceptors (Lipinski definition) is 8. The van der Waals surface area contributed by atoms with Crippen molar-refractivity contribution in [3.05, 3.63) is 41.7 Å². The van der Waals surface area contributed by atoms with Crippen LogP contribution in [0.5, 0.6) is 0 Å². The fraction of sp³-hybridized carbons (Fsp3) is 0.583. The van der Waals surface area contributed by atoms with E-state index in [4.69, 9.17) is 0 Å². The van der Waals surface area contributed by atoms with E-state index in [2.05, 4.69) is 32.2 Å². The summed E-state index contributed by atoms with van der Waals surface area (Å²) in [7, 11) is 0. The van der Waals surface area contributed by atoms with Gasteiger partial charge in [0.1, 0.15) is 5.82 Å². The van der Waals surface area contributed by atoms with Crippen LogP contribution in [0.3, 0.4) is 0 Å². The molecule has 0 spiro atoms. The third kappa shape index (κ3) is 6.16. The molecule has 3 atom stereocenters. The lowest BCUT2D eigenvalue weighted by molar-refractivity contribution is -0.137. The number of aromatic nitrogens is 3. The van der Waals surface area contributed by atoms with E-state index in [1.807, 2.05) is 47.1 Å². The Labute approximate surface area is 200 Å². The first kappa shape index (κ1) is 25.3. The molecule has 0 radical (unpaired) electrons. The van der Waals surface area contributed by atoms with E-state index >= 15 is 0 Å². The minimum atomic E-state index is -0.574. The zero-order valence-corrected chi connectivity index (χ0v) is 21.2. The molecule has 33 heavy (non-hydrogen) atoms. The fourth-order valence-electron chi connectivity index (χ4n) is 4.03. The van der Waals surface area contributed by atoms with Crippen LogP contribution >= 0.6 is 11.3 Å². The molecule has 8 nitrogen and oxygen atoms in total. The lowest BCUT2D eigenvalue weighted by Gasteiger charge is -2.37. The Hall–Kier alpha value is -2.36. The second kappa shape index (κ2) is 10.3. The number of carbonyl (C=O) groups excluding carboxylic acids is 1. The highest BCUT2D eigenvalue weighted by molar-refractivity contribution is 7.13. The van der Waals surface area contributed by atoms with Gasteiger partial charge in [-0.05, 0) is 12.3 Å². The maximum absolute atomic E-state index is 13.5. The van der Waals surface area contributed by atoms with E-state index in [0.29, 0.717) is 31.0 Å². The first-order valence-electron chi connectivity index (χ1n) is 11.4. The summed E-state index contributed by atoms with van der Waals surface area (Å²) in [5.74, 6) is 0.619. The van der Waals surface area contributed by atoms with E-state index in [9.17, 15) is 9.90 Å². The van der Waals surface area contributed by atoms with E-state index in [-0.39, 0.29) is 29.4 Å². The van der Waals surface area contributed by atoms with Gasteiger partial charge in [-0.3, -0.25) is 4.79 Å². The predicted molar refractivity (Wildman–Crippen MR) is 131 cm³/mol. The number of aliphatic hydroxyl groups is 1. The number of likely N-dealkylation sites (tertiary alicyclic amines) is 1. The van der Waals surface area contributed by atoms with Gasteiger partial charge in [-0.2, -0.15) is 0 Å². The van der Waals surface area contributed by atoms with E-state index in [1.165, 1.54) is 0 Å². The molecule has 2 aromatic heterocycles. The zero-order chi connectivity index (χ0) is 24.3. The van der Waals surface area contributed by atoms with Gasteiger partial charge < -0.3 is 20.6 Å². The Balaban J connectivity index is 1.66.